The van der Waals surface area contributed by atoms with Gasteiger partial charge in [-0.05, 0) is 42.1 Å². The molecule has 0 atom stereocenters. The molecule has 8 heteroatoms. The third-order valence-electron chi connectivity index (χ3n) is 3.37. The minimum atomic E-state index is -3.78. The zero-order chi connectivity index (χ0) is 17.0. The lowest BCUT2D eigenvalue weighted by atomic mass is 10.2. The van der Waals surface area contributed by atoms with Crippen molar-refractivity contribution >= 4 is 27.3 Å². The summed E-state index contributed by atoms with van der Waals surface area (Å²) in [6, 6.07) is 7.84. The second-order valence-corrected chi connectivity index (χ2v) is 7.77. The van der Waals surface area contributed by atoms with Gasteiger partial charge in [0.2, 0.25) is 0 Å². The summed E-state index contributed by atoms with van der Waals surface area (Å²) in [5.41, 5.74) is 1.40. The Kier molecular flexibility index (Phi) is 5.53. The number of aryl methyl sites for hydroxylation is 1. The maximum absolute atomic E-state index is 12.2. The molecule has 1 amide bonds. The Bertz CT molecular complexity index is 799. The molecule has 0 aliphatic carbocycles. The van der Waals surface area contributed by atoms with Gasteiger partial charge in [0.05, 0.1) is 18.6 Å². The van der Waals surface area contributed by atoms with Crippen LogP contribution in [0.25, 0.3) is 0 Å². The Balaban J connectivity index is 2.16. The molecule has 124 valence electrons. The minimum absolute atomic E-state index is 0.00167. The van der Waals surface area contributed by atoms with Crippen molar-refractivity contribution in [1.82, 2.24) is 9.79 Å². The van der Waals surface area contributed by atoms with E-state index in [1.807, 2.05) is 18.4 Å². The van der Waals surface area contributed by atoms with Crippen LogP contribution < -0.4 is 5.32 Å². The summed E-state index contributed by atoms with van der Waals surface area (Å²) in [6.45, 7) is 2.39. The first-order chi connectivity index (χ1) is 10.9. The number of hydroxylamine groups is 1. The second-order valence-electron chi connectivity index (χ2n) is 4.83. The summed E-state index contributed by atoms with van der Waals surface area (Å²) in [5, 5.41) is 4.76. The van der Waals surface area contributed by atoms with Crippen LogP contribution in [0.15, 0.2) is 40.6 Å². The topological polar surface area (TPSA) is 75.7 Å². The van der Waals surface area contributed by atoms with Crippen LogP contribution in [-0.2, 0) is 21.4 Å². The lowest BCUT2D eigenvalue weighted by Gasteiger charge is -2.14. The fraction of sp³-hybridized carbons (Fsp3) is 0.267. The molecule has 1 aromatic carbocycles. The highest BCUT2D eigenvalue weighted by atomic mass is 32.2. The summed E-state index contributed by atoms with van der Waals surface area (Å²) in [5.74, 6) is -0.324. The van der Waals surface area contributed by atoms with Gasteiger partial charge in [-0.25, -0.2) is 8.42 Å². The quantitative estimate of drug-likeness (QED) is 0.807. The molecular weight excluding hydrogens is 336 g/mol. The Labute approximate surface area is 139 Å². The van der Waals surface area contributed by atoms with Crippen LogP contribution in [-0.4, -0.2) is 33.0 Å². The maximum atomic E-state index is 12.2. The summed E-state index contributed by atoms with van der Waals surface area (Å²) in [4.78, 5) is 18.0. The van der Waals surface area contributed by atoms with Gasteiger partial charge in [0.25, 0.3) is 15.9 Å². The first-order valence-corrected chi connectivity index (χ1v) is 9.12. The molecule has 2 aromatic rings. The number of hydrogen-bond acceptors (Lipinski definition) is 5. The van der Waals surface area contributed by atoms with E-state index in [2.05, 4.69) is 5.32 Å². The normalized spacial score (nSPS) is 11.7. The van der Waals surface area contributed by atoms with Crippen LogP contribution in [0.3, 0.4) is 0 Å². The van der Waals surface area contributed by atoms with E-state index in [0.29, 0.717) is 6.54 Å². The average Bonchev–Trinajstić information content (AvgIpc) is 2.96. The Morgan fingerprint density at radius 2 is 2.09 bits per heavy atom. The van der Waals surface area contributed by atoms with Crippen LogP contribution >= 0.6 is 11.3 Å². The minimum Gasteiger partial charge on any atom is -0.347 e. The molecule has 6 nitrogen and oxygen atoms in total. The predicted molar refractivity (Wildman–Crippen MR) is 88.6 cm³/mol. The number of sulfonamides is 1. The number of rotatable bonds is 6. The number of carbonyl (C=O) groups excluding carboxylic acids is 1. The first-order valence-electron chi connectivity index (χ1n) is 6.80. The fourth-order valence-corrected chi connectivity index (χ4v) is 3.76. The molecule has 0 unspecified atom stereocenters. The zero-order valence-electron chi connectivity index (χ0n) is 13.1. The van der Waals surface area contributed by atoms with Crippen molar-refractivity contribution in [1.29, 1.82) is 0 Å². The summed E-state index contributed by atoms with van der Waals surface area (Å²) >= 11 is 1.57. The third-order valence-corrected chi connectivity index (χ3v) is 6.07. The highest BCUT2D eigenvalue weighted by molar-refractivity contribution is 7.89. The van der Waals surface area contributed by atoms with Crippen molar-refractivity contribution < 1.29 is 18.0 Å². The van der Waals surface area contributed by atoms with Crippen LogP contribution in [0.4, 0.5) is 0 Å². The van der Waals surface area contributed by atoms with Gasteiger partial charge in [-0.2, -0.15) is 0 Å². The van der Waals surface area contributed by atoms with Crippen molar-refractivity contribution in [2.45, 2.75) is 18.4 Å². The lowest BCUT2D eigenvalue weighted by Crippen LogP contribution is -2.27. The summed E-state index contributed by atoms with van der Waals surface area (Å²) in [7, 11) is -1.22. The van der Waals surface area contributed by atoms with Gasteiger partial charge >= 0.3 is 0 Å². The Morgan fingerprint density at radius 3 is 2.70 bits per heavy atom. The van der Waals surface area contributed by atoms with Crippen LogP contribution in [0.2, 0.25) is 0 Å². The van der Waals surface area contributed by atoms with Crippen LogP contribution in [0.5, 0.6) is 0 Å². The van der Waals surface area contributed by atoms with E-state index in [-0.39, 0.29) is 16.4 Å². The van der Waals surface area contributed by atoms with E-state index in [9.17, 15) is 13.2 Å². The molecule has 1 N–H and O–H groups in total. The Hall–Kier alpha value is -1.74. The summed E-state index contributed by atoms with van der Waals surface area (Å²) in [6.07, 6.45) is 0. The van der Waals surface area contributed by atoms with Crippen molar-refractivity contribution in [3.63, 3.8) is 0 Å². The molecule has 1 heterocycles. The molecule has 0 fully saturated rings. The molecule has 23 heavy (non-hydrogen) atoms. The molecule has 0 radical (unpaired) electrons. The predicted octanol–water partition coefficient (Wildman–Crippen LogP) is 2.17. The molecule has 2 rings (SSSR count). The SMILES string of the molecule is CON(C)S(=O)(=O)c1cccc(C(=O)NCc2sccc2C)c1. The molecule has 0 aliphatic rings. The molecule has 0 bridgehead atoms. The number of benzene rings is 1. The van der Waals surface area contributed by atoms with Gasteiger partial charge in [0.1, 0.15) is 0 Å². The number of thiophene rings is 1. The van der Waals surface area contributed by atoms with Crippen LogP contribution in [0.1, 0.15) is 20.8 Å². The van der Waals surface area contributed by atoms with Gasteiger partial charge in [0.15, 0.2) is 0 Å². The van der Waals surface area contributed by atoms with E-state index in [0.717, 1.165) is 14.9 Å². The summed E-state index contributed by atoms with van der Waals surface area (Å²) < 4.78 is 25.1. The molecule has 0 saturated carbocycles. The smallest absolute Gasteiger partial charge is 0.264 e. The fourth-order valence-electron chi connectivity index (χ4n) is 1.89. The van der Waals surface area contributed by atoms with Gasteiger partial charge in [-0.3, -0.25) is 9.63 Å². The standard InChI is InChI=1S/C15H18N2O4S2/c1-11-7-8-22-14(11)10-16-15(18)12-5-4-6-13(9-12)23(19,20)17(2)21-3/h4-9H,10H2,1-3H3,(H,16,18). The van der Waals surface area contributed by atoms with E-state index in [1.54, 1.807) is 17.4 Å². The van der Waals surface area contributed by atoms with E-state index < -0.39 is 10.0 Å². The first kappa shape index (κ1) is 17.6. The highest BCUT2D eigenvalue weighted by Gasteiger charge is 2.21. The van der Waals surface area contributed by atoms with E-state index in [1.165, 1.54) is 32.4 Å². The molecule has 0 saturated heterocycles. The molecule has 0 spiro atoms. The van der Waals surface area contributed by atoms with Crippen molar-refractivity contribution in [2.75, 3.05) is 14.2 Å². The largest absolute Gasteiger partial charge is 0.347 e. The van der Waals surface area contributed by atoms with Gasteiger partial charge in [-0.15, -0.1) is 11.3 Å². The van der Waals surface area contributed by atoms with E-state index in [4.69, 9.17) is 4.84 Å². The molecular formula is C15H18N2O4S2. The molecule has 1 aromatic heterocycles. The number of amides is 1. The third kappa shape index (κ3) is 3.97. The average molecular weight is 354 g/mol. The van der Waals surface area contributed by atoms with Gasteiger partial charge < -0.3 is 5.32 Å². The molecule has 0 aliphatic heterocycles. The van der Waals surface area contributed by atoms with Crippen molar-refractivity contribution in [3.8, 4) is 0 Å². The second kappa shape index (κ2) is 7.22. The van der Waals surface area contributed by atoms with Crippen molar-refractivity contribution in [3.05, 3.63) is 51.7 Å². The van der Waals surface area contributed by atoms with Gasteiger partial charge in [-0.1, -0.05) is 10.5 Å². The lowest BCUT2D eigenvalue weighted by molar-refractivity contribution is -0.0258. The highest BCUT2D eigenvalue weighted by Crippen LogP contribution is 2.17. The van der Waals surface area contributed by atoms with Crippen LogP contribution in [0, 0.1) is 6.92 Å². The maximum Gasteiger partial charge on any atom is 0.264 e. The van der Waals surface area contributed by atoms with E-state index >= 15 is 0 Å². The number of nitrogens with zero attached hydrogens (tertiary/aromatic N) is 1. The zero-order valence-corrected chi connectivity index (χ0v) is 14.7. The number of hydrogen-bond donors (Lipinski definition) is 1. The van der Waals surface area contributed by atoms with Crippen molar-refractivity contribution in [2.24, 2.45) is 0 Å². The number of nitrogens with one attached hydrogen (secondary N) is 1. The Morgan fingerprint density at radius 1 is 1.35 bits per heavy atom. The van der Waals surface area contributed by atoms with Gasteiger partial charge in [0, 0.05) is 17.5 Å². The monoisotopic (exact) mass is 354 g/mol. The number of carbonyl (C=O) groups is 1.